The maximum atomic E-state index is 11.6. The highest BCUT2D eigenvalue weighted by Gasteiger charge is 2.16. The van der Waals surface area contributed by atoms with Gasteiger partial charge in [0.2, 0.25) is 0 Å². The fourth-order valence-corrected chi connectivity index (χ4v) is 2.42. The van der Waals surface area contributed by atoms with Gasteiger partial charge in [-0.2, -0.15) is 0 Å². The van der Waals surface area contributed by atoms with Gasteiger partial charge in [0.1, 0.15) is 12.4 Å². The number of nitrogens with one attached hydrogen (secondary N) is 2. The molecule has 1 amide bonds. The number of amides is 1. The first-order chi connectivity index (χ1) is 11.6. The maximum Gasteiger partial charge on any atom is 0.271 e. The molecule has 0 radical (unpaired) electrons. The second-order valence-corrected chi connectivity index (χ2v) is 5.20. The second kappa shape index (κ2) is 6.48. The van der Waals surface area contributed by atoms with Gasteiger partial charge in [-0.25, -0.2) is 0 Å². The number of rotatable bonds is 5. The molecule has 0 spiro atoms. The van der Waals surface area contributed by atoms with Gasteiger partial charge in [-0.3, -0.25) is 4.79 Å². The molecular weight excluding hydrogens is 330 g/mol. The molecule has 0 fully saturated rings. The fraction of sp³-hybridized carbons (Fsp3) is 0.0625. The zero-order valence-corrected chi connectivity index (χ0v) is 13.1. The summed E-state index contributed by atoms with van der Waals surface area (Å²) in [5.41, 5.74) is 7.02. The lowest BCUT2D eigenvalue weighted by atomic mass is 10.2. The SMILES string of the molecule is C#CCOc1ccc(Nc2c(C(N)=O)nnc3[nH]ccc23)cc1Cl. The number of fused-ring (bicyclic) bond motifs is 1. The molecule has 3 rings (SSSR count). The molecule has 0 saturated heterocycles. The molecule has 2 aromatic heterocycles. The molecule has 0 atom stereocenters. The van der Waals surface area contributed by atoms with Crippen LogP contribution in [0.4, 0.5) is 11.4 Å². The normalized spacial score (nSPS) is 10.3. The molecule has 0 unspecified atom stereocenters. The van der Waals surface area contributed by atoms with Gasteiger partial charge in [0.25, 0.3) is 5.91 Å². The van der Waals surface area contributed by atoms with Gasteiger partial charge in [-0.1, -0.05) is 17.5 Å². The van der Waals surface area contributed by atoms with Crippen LogP contribution in [0.3, 0.4) is 0 Å². The average Bonchev–Trinajstić information content (AvgIpc) is 3.03. The first kappa shape index (κ1) is 15.6. The van der Waals surface area contributed by atoms with Crippen LogP contribution in [0.5, 0.6) is 5.75 Å². The monoisotopic (exact) mass is 341 g/mol. The van der Waals surface area contributed by atoms with Gasteiger partial charge in [0, 0.05) is 17.3 Å². The van der Waals surface area contributed by atoms with E-state index in [1.54, 1.807) is 30.5 Å². The van der Waals surface area contributed by atoms with Crippen LogP contribution in [0.2, 0.25) is 5.02 Å². The Kier molecular flexibility index (Phi) is 4.22. The Hall–Kier alpha value is -3.24. The number of nitrogens with zero attached hydrogens (tertiary/aromatic N) is 2. The number of aromatic nitrogens is 3. The highest BCUT2D eigenvalue weighted by atomic mass is 35.5. The van der Waals surface area contributed by atoms with Crippen LogP contribution in [0.1, 0.15) is 10.5 Å². The zero-order valence-electron chi connectivity index (χ0n) is 12.3. The highest BCUT2D eigenvalue weighted by molar-refractivity contribution is 6.32. The number of ether oxygens (including phenoxy) is 1. The van der Waals surface area contributed by atoms with E-state index in [9.17, 15) is 4.79 Å². The van der Waals surface area contributed by atoms with E-state index in [4.69, 9.17) is 28.5 Å². The van der Waals surface area contributed by atoms with Crippen LogP contribution in [0.15, 0.2) is 30.5 Å². The van der Waals surface area contributed by atoms with Gasteiger partial charge >= 0.3 is 0 Å². The van der Waals surface area contributed by atoms with E-state index in [0.29, 0.717) is 33.2 Å². The molecule has 0 aliphatic heterocycles. The maximum absolute atomic E-state index is 11.6. The number of H-pyrrole nitrogens is 1. The van der Waals surface area contributed by atoms with Crippen LogP contribution >= 0.6 is 11.6 Å². The quantitative estimate of drug-likeness (QED) is 0.618. The summed E-state index contributed by atoms with van der Waals surface area (Å²) in [5, 5.41) is 11.9. The van der Waals surface area contributed by atoms with E-state index in [-0.39, 0.29) is 12.3 Å². The highest BCUT2D eigenvalue weighted by Crippen LogP contribution is 2.32. The topological polar surface area (TPSA) is 106 Å². The van der Waals surface area contributed by atoms with Crippen molar-refractivity contribution in [2.45, 2.75) is 0 Å². The van der Waals surface area contributed by atoms with Crippen LogP contribution in [0, 0.1) is 12.3 Å². The number of halogens is 1. The van der Waals surface area contributed by atoms with Gasteiger partial charge < -0.3 is 20.8 Å². The van der Waals surface area contributed by atoms with Crippen LogP contribution in [-0.4, -0.2) is 27.7 Å². The smallest absolute Gasteiger partial charge is 0.271 e. The summed E-state index contributed by atoms with van der Waals surface area (Å²) >= 11 is 6.17. The van der Waals surface area contributed by atoms with Crippen molar-refractivity contribution in [1.29, 1.82) is 0 Å². The van der Waals surface area contributed by atoms with Crippen molar-refractivity contribution >= 4 is 39.9 Å². The fourth-order valence-electron chi connectivity index (χ4n) is 2.18. The number of nitrogens with two attached hydrogens (primary N) is 1. The van der Waals surface area contributed by atoms with Crippen molar-refractivity contribution < 1.29 is 9.53 Å². The number of benzene rings is 1. The largest absolute Gasteiger partial charge is 0.479 e. The van der Waals surface area contributed by atoms with E-state index in [0.717, 1.165) is 0 Å². The zero-order chi connectivity index (χ0) is 17.1. The summed E-state index contributed by atoms with van der Waals surface area (Å²) < 4.78 is 5.31. The van der Waals surface area contributed by atoms with Gasteiger partial charge in [-0.15, -0.1) is 16.6 Å². The lowest BCUT2D eigenvalue weighted by molar-refractivity contribution is 0.0995. The molecule has 0 aliphatic carbocycles. The number of aromatic amines is 1. The average molecular weight is 342 g/mol. The number of carbonyl (C=O) groups excluding carboxylic acids is 1. The Morgan fingerprint density at radius 2 is 2.25 bits per heavy atom. The summed E-state index contributed by atoms with van der Waals surface area (Å²) in [7, 11) is 0. The summed E-state index contributed by atoms with van der Waals surface area (Å²) in [4.78, 5) is 14.5. The Morgan fingerprint density at radius 1 is 1.42 bits per heavy atom. The van der Waals surface area contributed by atoms with Gasteiger partial charge in [0.15, 0.2) is 11.3 Å². The molecule has 24 heavy (non-hydrogen) atoms. The third-order valence-electron chi connectivity index (χ3n) is 3.23. The molecule has 8 heteroatoms. The summed E-state index contributed by atoms with van der Waals surface area (Å²) in [5.74, 6) is 2.15. The summed E-state index contributed by atoms with van der Waals surface area (Å²) in [6.07, 6.45) is 6.85. The predicted octanol–water partition coefficient (Wildman–Crippen LogP) is 2.47. The van der Waals surface area contributed by atoms with Crippen molar-refractivity contribution in [3.8, 4) is 18.1 Å². The third kappa shape index (κ3) is 2.95. The number of carbonyl (C=O) groups is 1. The number of primary amides is 1. The van der Waals surface area contributed by atoms with E-state index in [1.165, 1.54) is 0 Å². The standard InChI is InChI=1S/C16H12ClN5O2/c1-2-7-24-12-4-3-9(8-11(12)17)20-13-10-5-6-19-16(10)22-21-14(13)15(18)23/h1,3-6,8H,7H2,(H2,18,23)(H2,19,20,22). The minimum absolute atomic E-state index is 0.0332. The third-order valence-corrected chi connectivity index (χ3v) is 3.52. The minimum Gasteiger partial charge on any atom is -0.479 e. The van der Waals surface area contributed by atoms with E-state index >= 15 is 0 Å². The van der Waals surface area contributed by atoms with Crippen molar-refractivity contribution in [2.24, 2.45) is 5.73 Å². The Labute approximate surface area is 142 Å². The molecule has 120 valence electrons. The Bertz CT molecular complexity index is 961. The summed E-state index contributed by atoms with van der Waals surface area (Å²) in [6.45, 7) is 0.122. The number of anilines is 2. The molecule has 0 saturated carbocycles. The minimum atomic E-state index is -0.687. The second-order valence-electron chi connectivity index (χ2n) is 4.79. The van der Waals surface area contributed by atoms with Gasteiger partial charge in [-0.05, 0) is 24.3 Å². The first-order valence-corrected chi connectivity index (χ1v) is 7.24. The molecule has 2 heterocycles. The Morgan fingerprint density at radius 3 is 2.96 bits per heavy atom. The molecule has 0 bridgehead atoms. The van der Waals surface area contributed by atoms with Crippen LogP contribution in [-0.2, 0) is 0 Å². The van der Waals surface area contributed by atoms with Crippen molar-refractivity contribution in [3.63, 3.8) is 0 Å². The molecule has 3 aromatic rings. The summed E-state index contributed by atoms with van der Waals surface area (Å²) in [6, 6.07) is 6.83. The van der Waals surface area contributed by atoms with Gasteiger partial charge in [0.05, 0.1) is 10.7 Å². The van der Waals surface area contributed by atoms with E-state index in [2.05, 4.69) is 26.4 Å². The molecular formula is C16H12ClN5O2. The Balaban J connectivity index is 1.99. The van der Waals surface area contributed by atoms with E-state index in [1.807, 2.05) is 0 Å². The van der Waals surface area contributed by atoms with Crippen molar-refractivity contribution in [1.82, 2.24) is 15.2 Å². The van der Waals surface area contributed by atoms with Crippen LogP contribution in [0.25, 0.3) is 11.0 Å². The van der Waals surface area contributed by atoms with E-state index < -0.39 is 5.91 Å². The van der Waals surface area contributed by atoms with Crippen LogP contribution < -0.4 is 15.8 Å². The number of terminal acetylenes is 1. The number of hydrogen-bond acceptors (Lipinski definition) is 5. The predicted molar refractivity (Wildman–Crippen MR) is 91.5 cm³/mol. The first-order valence-electron chi connectivity index (χ1n) is 6.86. The van der Waals surface area contributed by atoms with Crippen molar-refractivity contribution in [3.05, 3.63) is 41.2 Å². The lowest BCUT2D eigenvalue weighted by Gasteiger charge is -2.12. The molecule has 7 nitrogen and oxygen atoms in total. The molecule has 1 aromatic carbocycles. The lowest BCUT2D eigenvalue weighted by Crippen LogP contribution is -2.16. The number of hydrogen-bond donors (Lipinski definition) is 3. The molecule has 4 N–H and O–H groups in total. The molecule has 0 aliphatic rings. The van der Waals surface area contributed by atoms with Crippen molar-refractivity contribution in [2.75, 3.05) is 11.9 Å².